The van der Waals surface area contributed by atoms with Crippen molar-refractivity contribution in [2.45, 2.75) is 20.0 Å². The van der Waals surface area contributed by atoms with Crippen LogP contribution < -0.4 is 0 Å². The Bertz CT molecular complexity index is 545. The summed E-state index contributed by atoms with van der Waals surface area (Å²) in [5.74, 6) is 0.155. The lowest BCUT2D eigenvalue weighted by atomic mass is 10.2. The van der Waals surface area contributed by atoms with Gasteiger partial charge in [-0.3, -0.25) is 4.79 Å². The average Bonchev–Trinajstić information content (AvgIpc) is 2.71. The lowest BCUT2D eigenvalue weighted by molar-refractivity contribution is 0.0497. The number of rotatable bonds is 4. The van der Waals surface area contributed by atoms with Crippen LogP contribution >= 0.6 is 11.6 Å². The normalized spacial score (nSPS) is 12.9. The van der Waals surface area contributed by atoms with E-state index in [0.29, 0.717) is 23.0 Å². The van der Waals surface area contributed by atoms with Crippen molar-refractivity contribution < 1.29 is 13.9 Å². The Morgan fingerprint density at radius 1 is 1.47 bits per heavy atom. The molecule has 0 aliphatic carbocycles. The van der Waals surface area contributed by atoms with Gasteiger partial charge in [0.1, 0.15) is 11.7 Å². The molecule has 1 atom stereocenters. The minimum Gasteiger partial charge on any atom is -0.453 e. The summed E-state index contributed by atoms with van der Waals surface area (Å²) in [6, 6.07) is 6.94. The Kier molecular flexibility index (Phi) is 3.50. The molecule has 0 fully saturated rings. The van der Waals surface area contributed by atoms with E-state index in [-0.39, 0.29) is 5.78 Å². The summed E-state index contributed by atoms with van der Waals surface area (Å²) in [5.41, 5.74) is 0.654. The highest BCUT2D eigenvalue weighted by atomic mass is 35.5. The lowest BCUT2D eigenvalue weighted by Crippen LogP contribution is -2.20. The molecule has 2 aromatic rings. The maximum absolute atomic E-state index is 11.9. The van der Waals surface area contributed by atoms with Crippen LogP contribution in [0.2, 0.25) is 5.02 Å². The van der Waals surface area contributed by atoms with Gasteiger partial charge >= 0.3 is 0 Å². The summed E-state index contributed by atoms with van der Waals surface area (Å²) < 4.78 is 10.7. The van der Waals surface area contributed by atoms with Gasteiger partial charge in [-0.2, -0.15) is 0 Å². The molecule has 1 heterocycles. The zero-order valence-corrected chi connectivity index (χ0v) is 10.5. The van der Waals surface area contributed by atoms with E-state index in [0.717, 1.165) is 5.39 Å². The first-order valence-electron chi connectivity index (χ1n) is 5.46. The minimum atomic E-state index is -0.490. The molecule has 0 amide bonds. The molecule has 90 valence electrons. The zero-order valence-electron chi connectivity index (χ0n) is 9.70. The second-order valence-corrected chi connectivity index (χ2v) is 4.19. The van der Waals surface area contributed by atoms with E-state index in [1.807, 2.05) is 6.92 Å². The van der Waals surface area contributed by atoms with Crippen LogP contribution in [0, 0.1) is 0 Å². The molecule has 0 saturated heterocycles. The van der Waals surface area contributed by atoms with Crippen molar-refractivity contribution in [1.29, 1.82) is 0 Å². The molecule has 0 saturated carbocycles. The molecule has 0 spiro atoms. The van der Waals surface area contributed by atoms with Crippen molar-refractivity contribution in [2.75, 3.05) is 6.61 Å². The second kappa shape index (κ2) is 4.90. The lowest BCUT2D eigenvalue weighted by Gasteiger charge is -2.07. The minimum absolute atomic E-state index is 0.154. The first-order valence-corrected chi connectivity index (χ1v) is 5.84. The van der Waals surface area contributed by atoms with Crippen molar-refractivity contribution in [3.8, 4) is 0 Å². The number of halogens is 1. The number of Topliss-reactive ketones (excluding diaryl/α,β-unsaturated/α-hetero) is 1. The molecular formula is C13H13ClO3. The molecule has 3 nitrogen and oxygen atoms in total. The summed E-state index contributed by atoms with van der Waals surface area (Å²) in [5, 5.41) is 1.44. The van der Waals surface area contributed by atoms with Crippen LogP contribution in [0.3, 0.4) is 0 Å². The van der Waals surface area contributed by atoms with Crippen LogP contribution in [0.1, 0.15) is 24.4 Å². The van der Waals surface area contributed by atoms with Crippen molar-refractivity contribution >= 4 is 28.4 Å². The SMILES string of the molecule is CCOC(C)C(=O)c1cc2cc(Cl)ccc2o1. The Morgan fingerprint density at radius 3 is 2.94 bits per heavy atom. The predicted molar refractivity (Wildman–Crippen MR) is 66.6 cm³/mol. The summed E-state index contributed by atoms with van der Waals surface area (Å²) in [6.07, 6.45) is -0.490. The third-order valence-electron chi connectivity index (χ3n) is 2.51. The van der Waals surface area contributed by atoms with E-state index < -0.39 is 6.10 Å². The Hall–Kier alpha value is -1.32. The fourth-order valence-corrected chi connectivity index (χ4v) is 1.84. The number of ether oxygens (including phenoxy) is 1. The molecule has 0 aliphatic rings. The van der Waals surface area contributed by atoms with Crippen LogP contribution in [0.5, 0.6) is 0 Å². The Morgan fingerprint density at radius 2 is 2.24 bits per heavy atom. The number of fused-ring (bicyclic) bond motifs is 1. The number of benzene rings is 1. The first-order chi connectivity index (χ1) is 8.11. The van der Waals surface area contributed by atoms with Gasteiger partial charge in [-0.15, -0.1) is 0 Å². The number of furan rings is 1. The molecule has 17 heavy (non-hydrogen) atoms. The highest BCUT2D eigenvalue weighted by Gasteiger charge is 2.19. The fourth-order valence-electron chi connectivity index (χ4n) is 1.66. The van der Waals surface area contributed by atoms with E-state index in [4.69, 9.17) is 20.8 Å². The second-order valence-electron chi connectivity index (χ2n) is 3.75. The van der Waals surface area contributed by atoms with Crippen molar-refractivity contribution in [3.63, 3.8) is 0 Å². The topological polar surface area (TPSA) is 39.4 Å². The quantitative estimate of drug-likeness (QED) is 0.779. The molecule has 0 bridgehead atoms. The Labute approximate surface area is 104 Å². The first kappa shape index (κ1) is 12.1. The summed E-state index contributed by atoms with van der Waals surface area (Å²) in [4.78, 5) is 11.9. The zero-order chi connectivity index (χ0) is 12.4. The van der Waals surface area contributed by atoms with Gasteiger partial charge in [0.15, 0.2) is 5.76 Å². The van der Waals surface area contributed by atoms with Gasteiger partial charge in [0.05, 0.1) is 0 Å². The predicted octanol–water partition coefficient (Wildman–Crippen LogP) is 3.69. The van der Waals surface area contributed by atoms with E-state index in [1.165, 1.54) is 0 Å². The van der Waals surface area contributed by atoms with Gasteiger partial charge in [-0.05, 0) is 38.1 Å². The monoisotopic (exact) mass is 252 g/mol. The van der Waals surface area contributed by atoms with Gasteiger partial charge in [0.25, 0.3) is 0 Å². The maximum atomic E-state index is 11.9. The molecule has 0 radical (unpaired) electrons. The average molecular weight is 253 g/mol. The van der Waals surface area contributed by atoms with Crippen molar-refractivity contribution in [2.24, 2.45) is 0 Å². The van der Waals surface area contributed by atoms with Crippen LogP contribution in [0.25, 0.3) is 11.0 Å². The third-order valence-corrected chi connectivity index (χ3v) is 2.74. The van der Waals surface area contributed by atoms with Crippen LogP contribution in [-0.4, -0.2) is 18.5 Å². The van der Waals surface area contributed by atoms with Gasteiger partial charge < -0.3 is 9.15 Å². The number of carbonyl (C=O) groups is 1. The smallest absolute Gasteiger partial charge is 0.226 e. The number of ketones is 1. The van der Waals surface area contributed by atoms with Gasteiger partial charge in [-0.25, -0.2) is 0 Å². The van der Waals surface area contributed by atoms with E-state index >= 15 is 0 Å². The molecule has 4 heteroatoms. The maximum Gasteiger partial charge on any atom is 0.226 e. The highest BCUT2D eigenvalue weighted by molar-refractivity contribution is 6.31. The summed E-state index contributed by atoms with van der Waals surface area (Å²) in [6.45, 7) is 4.06. The number of hydrogen-bond donors (Lipinski definition) is 0. The third kappa shape index (κ3) is 2.51. The summed E-state index contributed by atoms with van der Waals surface area (Å²) >= 11 is 5.87. The van der Waals surface area contributed by atoms with E-state index in [2.05, 4.69) is 0 Å². The van der Waals surface area contributed by atoms with E-state index in [1.54, 1.807) is 31.2 Å². The molecule has 2 rings (SSSR count). The Balaban J connectivity index is 2.33. The van der Waals surface area contributed by atoms with Gasteiger partial charge in [0, 0.05) is 17.0 Å². The summed E-state index contributed by atoms with van der Waals surface area (Å²) in [7, 11) is 0. The molecular weight excluding hydrogens is 240 g/mol. The molecule has 1 aromatic heterocycles. The van der Waals surface area contributed by atoms with Crippen LogP contribution in [-0.2, 0) is 4.74 Å². The highest BCUT2D eigenvalue weighted by Crippen LogP contribution is 2.24. The molecule has 0 N–H and O–H groups in total. The molecule has 1 unspecified atom stereocenters. The molecule has 0 aliphatic heterocycles. The van der Waals surface area contributed by atoms with Crippen molar-refractivity contribution in [3.05, 3.63) is 35.0 Å². The van der Waals surface area contributed by atoms with Crippen LogP contribution in [0.15, 0.2) is 28.7 Å². The van der Waals surface area contributed by atoms with Gasteiger partial charge in [0.2, 0.25) is 5.78 Å². The fraction of sp³-hybridized carbons (Fsp3) is 0.308. The number of hydrogen-bond acceptors (Lipinski definition) is 3. The standard InChI is InChI=1S/C13H13ClO3/c1-3-16-8(2)13(15)12-7-9-6-10(14)4-5-11(9)17-12/h4-8H,3H2,1-2H3. The molecule has 1 aromatic carbocycles. The largest absolute Gasteiger partial charge is 0.453 e. The van der Waals surface area contributed by atoms with Crippen molar-refractivity contribution in [1.82, 2.24) is 0 Å². The van der Waals surface area contributed by atoms with Gasteiger partial charge in [-0.1, -0.05) is 11.6 Å². The van der Waals surface area contributed by atoms with Crippen LogP contribution in [0.4, 0.5) is 0 Å². The van der Waals surface area contributed by atoms with E-state index in [9.17, 15) is 4.79 Å². The number of carbonyl (C=O) groups excluding carboxylic acids is 1.